The molecular weight excluding hydrogens is 352 g/mol. The summed E-state index contributed by atoms with van der Waals surface area (Å²) in [6.45, 7) is 1.40. The van der Waals surface area contributed by atoms with Crippen molar-refractivity contribution in [1.29, 1.82) is 0 Å². The lowest BCUT2D eigenvalue weighted by Crippen LogP contribution is -2.50. The summed E-state index contributed by atoms with van der Waals surface area (Å²) >= 11 is 0. The number of carbonyl (C=O) groups excluding carboxylic acids is 1. The molecule has 28 heavy (non-hydrogen) atoms. The van der Waals surface area contributed by atoms with Crippen molar-refractivity contribution >= 4 is 5.91 Å². The van der Waals surface area contributed by atoms with E-state index in [0.717, 1.165) is 24.9 Å². The second-order valence-corrected chi connectivity index (χ2v) is 7.65. The third-order valence-electron chi connectivity index (χ3n) is 5.39. The molecule has 2 atom stereocenters. The monoisotopic (exact) mass is 382 g/mol. The molecule has 3 N–H and O–H groups in total. The molecule has 3 rings (SSSR count). The Morgan fingerprint density at radius 1 is 1.04 bits per heavy atom. The zero-order chi connectivity index (χ0) is 19.8. The highest BCUT2D eigenvalue weighted by Crippen LogP contribution is 2.22. The van der Waals surface area contributed by atoms with Crippen molar-refractivity contribution in [3.63, 3.8) is 0 Å². The quantitative estimate of drug-likeness (QED) is 0.578. The number of nitrogens with one attached hydrogen (secondary N) is 1. The second kappa shape index (κ2) is 9.82. The number of aliphatic hydroxyl groups excluding tert-OH is 1. The van der Waals surface area contributed by atoms with E-state index in [9.17, 15) is 15.0 Å². The Kier molecular flexibility index (Phi) is 7.20. The maximum Gasteiger partial charge on any atom is 0.223 e. The molecular formula is C23H30N2O3. The SMILES string of the molecule is O=C(CCc1ccccc1)N1C[C@@H](O)[C@](O)(CNCCCc2ccccc2)C1. The van der Waals surface area contributed by atoms with E-state index in [-0.39, 0.29) is 25.5 Å². The largest absolute Gasteiger partial charge is 0.388 e. The molecule has 0 aromatic heterocycles. The van der Waals surface area contributed by atoms with Gasteiger partial charge in [-0.25, -0.2) is 0 Å². The predicted molar refractivity (Wildman–Crippen MR) is 110 cm³/mol. The van der Waals surface area contributed by atoms with Gasteiger partial charge in [0.05, 0.1) is 6.54 Å². The van der Waals surface area contributed by atoms with Crippen LogP contribution >= 0.6 is 0 Å². The van der Waals surface area contributed by atoms with Crippen LogP contribution in [-0.4, -0.2) is 58.9 Å². The fourth-order valence-corrected chi connectivity index (χ4v) is 3.66. The average molecular weight is 383 g/mol. The van der Waals surface area contributed by atoms with E-state index in [2.05, 4.69) is 17.4 Å². The minimum Gasteiger partial charge on any atom is -0.388 e. The van der Waals surface area contributed by atoms with E-state index >= 15 is 0 Å². The van der Waals surface area contributed by atoms with Gasteiger partial charge in [0, 0.05) is 19.5 Å². The lowest BCUT2D eigenvalue weighted by atomic mass is 10.0. The summed E-state index contributed by atoms with van der Waals surface area (Å²) < 4.78 is 0. The van der Waals surface area contributed by atoms with Gasteiger partial charge in [-0.15, -0.1) is 0 Å². The van der Waals surface area contributed by atoms with Crippen LogP contribution in [0.3, 0.4) is 0 Å². The van der Waals surface area contributed by atoms with E-state index in [1.165, 1.54) is 5.56 Å². The van der Waals surface area contributed by atoms with Crippen molar-refractivity contribution in [3.05, 3.63) is 71.8 Å². The minimum absolute atomic E-state index is 0.0251. The van der Waals surface area contributed by atoms with Gasteiger partial charge in [-0.3, -0.25) is 4.79 Å². The van der Waals surface area contributed by atoms with Crippen LogP contribution in [0.4, 0.5) is 0 Å². The van der Waals surface area contributed by atoms with Gasteiger partial charge in [0.15, 0.2) is 0 Å². The van der Waals surface area contributed by atoms with Crippen LogP contribution in [0, 0.1) is 0 Å². The number of amides is 1. The molecule has 1 amide bonds. The Morgan fingerprint density at radius 2 is 1.64 bits per heavy atom. The number of benzene rings is 2. The molecule has 0 radical (unpaired) electrons. The fraction of sp³-hybridized carbons (Fsp3) is 0.435. The molecule has 1 aliphatic rings. The average Bonchev–Trinajstić information content (AvgIpc) is 3.02. The molecule has 1 heterocycles. The lowest BCUT2D eigenvalue weighted by Gasteiger charge is -2.26. The predicted octanol–water partition coefficient (Wildman–Crippen LogP) is 1.78. The van der Waals surface area contributed by atoms with Crippen molar-refractivity contribution < 1.29 is 15.0 Å². The normalized spacial score (nSPS) is 21.8. The number of carbonyl (C=O) groups is 1. The van der Waals surface area contributed by atoms with E-state index in [1.54, 1.807) is 4.90 Å². The highest BCUT2D eigenvalue weighted by molar-refractivity contribution is 5.77. The van der Waals surface area contributed by atoms with Crippen LogP contribution < -0.4 is 5.32 Å². The third kappa shape index (κ3) is 5.64. The minimum atomic E-state index is -1.28. The Bertz CT molecular complexity index is 738. The van der Waals surface area contributed by atoms with Crippen molar-refractivity contribution in [2.24, 2.45) is 0 Å². The van der Waals surface area contributed by atoms with Gasteiger partial charge >= 0.3 is 0 Å². The first kappa shape index (κ1) is 20.5. The number of aliphatic hydroxyl groups is 2. The summed E-state index contributed by atoms with van der Waals surface area (Å²) in [5.74, 6) is -0.0251. The van der Waals surface area contributed by atoms with Crippen molar-refractivity contribution in [1.82, 2.24) is 10.2 Å². The van der Waals surface area contributed by atoms with Gasteiger partial charge in [0.2, 0.25) is 5.91 Å². The molecule has 0 aliphatic carbocycles. The molecule has 1 aliphatic heterocycles. The fourth-order valence-electron chi connectivity index (χ4n) is 3.66. The molecule has 2 aromatic rings. The first-order valence-electron chi connectivity index (χ1n) is 10.0. The molecule has 0 unspecified atom stereocenters. The maximum atomic E-state index is 12.5. The summed E-state index contributed by atoms with van der Waals surface area (Å²) in [7, 11) is 0. The highest BCUT2D eigenvalue weighted by Gasteiger charge is 2.45. The summed E-state index contributed by atoms with van der Waals surface area (Å²) in [5, 5.41) is 24.3. The summed E-state index contributed by atoms with van der Waals surface area (Å²) in [4.78, 5) is 14.1. The van der Waals surface area contributed by atoms with Crippen LogP contribution in [0.2, 0.25) is 0 Å². The van der Waals surface area contributed by atoms with Crippen molar-refractivity contribution in [3.8, 4) is 0 Å². The third-order valence-corrected chi connectivity index (χ3v) is 5.39. The van der Waals surface area contributed by atoms with Gasteiger partial charge in [-0.05, 0) is 36.9 Å². The number of likely N-dealkylation sites (tertiary alicyclic amines) is 1. The smallest absolute Gasteiger partial charge is 0.223 e. The van der Waals surface area contributed by atoms with Crippen molar-refractivity contribution in [2.45, 2.75) is 37.4 Å². The first-order chi connectivity index (χ1) is 13.6. The number of β-amino-alcohol motifs (C(OH)–C–C–N with tert-alkyl or cyclic N) is 2. The summed E-state index contributed by atoms with van der Waals surface area (Å²) in [6, 6.07) is 20.2. The Balaban J connectivity index is 1.39. The van der Waals surface area contributed by atoms with E-state index < -0.39 is 11.7 Å². The second-order valence-electron chi connectivity index (χ2n) is 7.65. The van der Waals surface area contributed by atoms with Crippen LogP contribution in [0.15, 0.2) is 60.7 Å². The van der Waals surface area contributed by atoms with Gasteiger partial charge in [-0.2, -0.15) is 0 Å². The highest BCUT2D eigenvalue weighted by atomic mass is 16.3. The number of hydrogen-bond donors (Lipinski definition) is 3. The number of rotatable bonds is 9. The van der Waals surface area contributed by atoms with Gasteiger partial charge in [0.1, 0.15) is 11.7 Å². The standard InChI is InChI=1S/C23H30N2O3/c26-21-16-25(22(27)14-13-20-10-5-2-6-11-20)18-23(21,28)17-24-15-7-12-19-8-3-1-4-9-19/h1-6,8-11,21,24,26,28H,7,12-18H2/t21-,23+/m1/s1. The Labute approximate surface area is 167 Å². The lowest BCUT2D eigenvalue weighted by molar-refractivity contribution is -0.131. The van der Waals surface area contributed by atoms with Gasteiger partial charge in [-0.1, -0.05) is 60.7 Å². The number of hydrogen-bond acceptors (Lipinski definition) is 4. The molecule has 0 saturated carbocycles. The van der Waals surface area contributed by atoms with Crippen LogP contribution in [0.1, 0.15) is 24.0 Å². The van der Waals surface area contributed by atoms with Gasteiger partial charge < -0.3 is 20.4 Å². The summed E-state index contributed by atoms with van der Waals surface area (Å²) in [6.07, 6.45) is 2.06. The first-order valence-corrected chi connectivity index (χ1v) is 10.0. The van der Waals surface area contributed by atoms with Crippen LogP contribution in [-0.2, 0) is 17.6 Å². The topological polar surface area (TPSA) is 72.8 Å². The van der Waals surface area contributed by atoms with Crippen LogP contribution in [0.5, 0.6) is 0 Å². The molecule has 5 heteroatoms. The van der Waals surface area contributed by atoms with Crippen LogP contribution in [0.25, 0.3) is 0 Å². The van der Waals surface area contributed by atoms with E-state index in [0.29, 0.717) is 12.8 Å². The number of aryl methyl sites for hydroxylation is 2. The molecule has 1 saturated heterocycles. The molecule has 2 aromatic carbocycles. The Hall–Kier alpha value is -2.21. The maximum absolute atomic E-state index is 12.5. The molecule has 0 spiro atoms. The molecule has 0 bridgehead atoms. The zero-order valence-corrected chi connectivity index (χ0v) is 16.3. The Morgan fingerprint density at radius 3 is 2.29 bits per heavy atom. The van der Waals surface area contributed by atoms with Gasteiger partial charge in [0.25, 0.3) is 0 Å². The van der Waals surface area contributed by atoms with E-state index in [4.69, 9.17) is 0 Å². The number of nitrogens with zero attached hydrogens (tertiary/aromatic N) is 1. The van der Waals surface area contributed by atoms with E-state index in [1.807, 2.05) is 48.5 Å². The molecule has 1 fully saturated rings. The van der Waals surface area contributed by atoms with Crippen molar-refractivity contribution in [2.75, 3.05) is 26.2 Å². The summed E-state index contributed by atoms with van der Waals surface area (Å²) in [5.41, 5.74) is 1.12. The zero-order valence-electron chi connectivity index (χ0n) is 16.3. The molecule has 5 nitrogen and oxygen atoms in total. The molecule has 150 valence electrons.